The Labute approximate surface area is 481 Å². The van der Waals surface area contributed by atoms with Crippen molar-refractivity contribution in [2.45, 2.75) is 58.3 Å². The van der Waals surface area contributed by atoms with Gasteiger partial charge in [-0.2, -0.15) is 0 Å². The van der Waals surface area contributed by atoms with Crippen LogP contribution < -0.4 is 0 Å². The number of hydrogen-bond acceptors (Lipinski definition) is 24. The first-order valence-corrected chi connectivity index (χ1v) is 29.8. The van der Waals surface area contributed by atoms with E-state index < -0.39 is 0 Å². The summed E-state index contributed by atoms with van der Waals surface area (Å²) in [7, 11) is 0. The second-order valence-electron chi connectivity index (χ2n) is 17.3. The fraction of sp³-hybridized carbons (Fsp3) is 1.00. The third-order valence-electron chi connectivity index (χ3n) is 10.6. The minimum absolute atomic E-state index is 0.0188. The van der Waals surface area contributed by atoms with Crippen LogP contribution in [0.4, 0.5) is 0 Å². The highest BCUT2D eigenvalue weighted by Gasteiger charge is 2.01. The van der Waals surface area contributed by atoms with Gasteiger partial charge in [0.05, 0.1) is 304 Å². The van der Waals surface area contributed by atoms with Crippen LogP contribution in [-0.2, 0) is 109 Å². The van der Waals surface area contributed by atoms with Crippen LogP contribution in [0.5, 0.6) is 0 Å². The zero-order chi connectivity index (χ0) is 57.2. The maximum Gasteiger partial charge on any atom is 0.0701 e. The molecule has 0 radical (unpaired) electrons. The maximum absolute atomic E-state index is 8.61. The molecule has 24 nitrogen and oxygen atoms in total. The molecule has 0 aromatic rings. The topological polar surface area (TPSA) is 233 Å². The Morgan fingerprint density at radius 1 is 0.138 bits per heavy atom. The largest absolute Gasteiger partial charge is 0.394 e. The van der Waals surface area contributed by atoms with E-state index >= 15 is 0 Å². The molecule has 80 heavy (non-hydrogen) atoms. The smallest absolute Gasteiger partial charge is 0.0701 e. The molecule has 0 aromatic heterocycles. The van der Waals surface area contributed by atoms with Gasteiger partial charge < -0.3 is 114 Å². The maximum atomic E-state index is 8.61. The molecule has 0 unspecified atom stereocenters. The van der Waals surface area contributed by atoms with E-state index in [0.29, 0.717) is 297 Å². The second-order valence-corrected chi connectivity index (χ2v) is 17.3. The molecule has 0 aliphatic rings. The van der Waals surface area contributed by atoms with Crippen LogP contribution in [0.1, 0.15) is 58.3 Å². The van der Waals surface area contributed by atoms with Crippen molar-refractivity contribution < 1.29 is 114 Å². The van der Waals surface area contributed by atoms with Crippen molar-refractivity contribution in [3.8, 4) is 0 Å². The molecule has 0 spiro atoms. The van der Waals surface area contributed by atoms with Gasteiger partial charge in [-0.15, -0.1) is 0 Å². The molecule has 0 bridgehead atoms. The van der Waals surface area contributed by atoms with Gasteiger partial charge in [0.25, 0.3) is 0 Å². The van der Waals surface area contributed by atoms with Gasteiger partial charge in [0, 0.05) is 6.61 Å². The van der Waals surface area contributed by atoms with Crippen molar-refractivity contribution >= 4 is 0 Å². The summed E-state index contributed by atoms with van der Waals surface area (Å²) in [5, 5.41) is 8.61. The normalized spacial score (nSPS) is 11.8. The van der Waals surface area contributed by atoms with Gasteiger partial charge in [-0.25, -0.2) is 0 Å². The van der Waals surface area contributed by atoms with Crippen LogP contribution in [0, 0.1) is 0 Å². The first-order valence-electron chi connectivity index (χ1n) is 29.8. The summed E-state index contributed by atoms with van der Waals surface area (Å²) in [6.45, 7) is 25.5. The molecule has 24 heteroatoms. The Bertz CT molecular complexity index is 973. The minimum Gasteiger partial charge on any atom is -0.394 e. The summed E-state index contributed by atoms with van der Waals surface area (Å²) >= 11 is 0. The molecule has 0 rings (SSSR count). The summed E-state index contributed by atoms with van der Waals surface area (Å²) in [4.78, 5) is 0. The van der Waals surface area contributed by atoms with Crippen LogP contribution in [0.3, 0.4) is 0 Å². The van der Waals surface area contributed by atoms with Gasteiger partial charge >= 0.3 is 0 Å². The molecule has 0 saturated carbocycles. The fourth-order valence-electron chi connectivity index (χ4n) is 6.34. The molecular formula is C56H114O24. The van der Waals surface area contributed by atoms with E-state index in [9.17, 15) is 0 Å². The third-order valence-corrected chi connectivity index (χ3v) is 10.6. The Balaban J connectivity index is 3.08. The Morgan fingerprint density at radius 3 is 0.388 bits per heavy atom. The zero-order valence-electron chi connectivity index (χ0n) is 49.7. The van der Waals surface area contributed by atoms with E-state index in [0.717, 1.165) is 13.0 Å². The van der Waals surface area contributed by atoms with Gasteiger partial charge in [0.2, 0.25) is 0 Å². The van der Waals surface area contributed by atoms with Crippen molar-refractivity contribution in [3.63, 3.8) is 0 Å². The van der Waals surface area contributed by atoms with Crippen molar-refractivity contribution in [2.75, 3.05) is 311 Å². The lowest BCUT2D eigenvalue weighted by Crippen LogP contribution is -2.16. The standard InChI is InChI=1S/C56H114O24/c1-2-3-4-5-6-7-8-9-11-58-13-15-60-17-19-62-21-23-64-25-27-66-29-31-68-33-35-70-37-39-72-41-43-74-45-47-76-49-51-78-53-55-80-56-54-79-52-50-77-48-46-75-44-42-73-40-38-71-36-34-69-32-30-67-28-26-65-24-22-63-20-18-61-16-14-59-12-10-57/h57H,2-56H2,1H3. The van der Waals surface area contributed by atoms with E-state index in [2.05, 4.69) is 6.92 Å². The molecule has 482 valence electrons. The van der Waals surface area contributed by atoms with Crippen molar-refractivity contribution in [2.24, 2.45) is 0 Å². The first kappa shape index (κ1) is 79.0. The van der Waals surface area contributed by atoms with Gasteiger partial charge in [-0.3, -0.25) is 0 Å². The molecule has 1 N–H and O–H groups in total. The molecule has 0 heterocycles. The van der Waals surface area contributed by atoms with Crippen LogP contribution in [0.15, 0.2) is 0 Å². The van der Waals surface area contributed by atoms with E-state index in [1.807, 2.05) is 0 Å². The summed E-state index contributed by atoms with van der Waals surface area (Å²) in [6, 6.07) is 0. The highest BCUT2D eigenvalue weighted by molar-refractivity contribution is 4.47. The molecular weight excluding hydrogens is 1060 g/mol. The number of hydrogen-bond donors (Lipinski definition) is 1. The molecule has 0 aromatic carbocycles. The van der Waals surface area contributed by atoms with Crippen molar-refractivity contribution in [3.05, 3.63) is 0 Å². The SMILES string of the molecule is CCCCCCCCCCOCCOCCOCCOCCOCCOCCOCCOCCOCCOCCOCCOCCOCCOCCOCCOCCOCCOCCOCCOCCOCCOCCOCCO. The Morgan fingerprint density at radius 2 is 0.250 bits per heavy atom. The predicted octanol–water partition coefficient (Wildman–Crippen LogP) is 3.50. The van der Waals surface area contributed by atoms with Crippen LogP contribution >= 0.6 is 0 Å². The summed E-state index contributed by atoms with van der Waals surface area (Å²) in [5.74, 6) is 0. The average Bonchev–Trinajstić information content (AvgIpc) is 3.47. The van der Waals surface area contributed by atoms with E-state index in [1.165, 1.54) is 44.9 Å². The quantitative estimate of drug-likeness (QED) is 0.0859. The lowest BCUT2D eigenvalue weighted by Gasteiger charge is -2.09. The third kappa shape index (κ3) is 77.0. The molecule has 0 aliphatic carbocycles. The number of aliphatic hydroxyl groups excluding tert-OH is 1. The van der Waals surface area contributed by atoms with Crippen LogP contribution in [0.25, 0.3) is 0 Å². The van der Waals surface area contributed by atoms with Crippen LogP contribution in [0.2, 0.25) is 0 Å². The Kier molecular flexibility index (Phi) is 77.1. The first-order chi connectivity index (χ1) is 39.9. The van der Waals surface area contributed by atoms with Gasteiger partial charge in [-0.1, -0.05) is 51.9 Å². The monoisotopic (exact) mass is 1170 g/mol. The van der Waals surface area contributed by atoms with Crippen molar-refractivity contribution in [1.82, 2.24) is 0 Å². The van der Waals surface area contributed by atoms with E-state index in [-0.39, 0.29) is 6.61 Å². The molecule has 0 saturated heterocycles. The van der Waals surface area contributed by atoms with Crippen LogP contribution in [-0.4, -0.2) is 316 Å². The minimum atomic E-state index is 0.0188. The lowest BCUT2D eigenvalue weighted by molar-refractivity contribution is -0.0319. The lowest BCUT2D eigenvalue weighted by atomic mass is 10.1. The van der Waals surface area contributed by atoms with Gasteiger partial charge in [0.1, 0.15) is 0 Å². The summed E-state index contributed by atoms with van der Waals surface area (Å²) in [6.07, 6.45) is 10.5. The Hall–Kier alpha value is -0.960. The highest BCUT2D eigenvalue weighted by atomic mass is 16.6. The van der Waals surface area contributed by atoms with Crippen molar-refractivity contribution in [1.29, 1.82) is 0 Å². The molecule has 0 amide bonds. The fourth-order valence-corrected chi connectivity index (χ4v) is 6.34. The number of ether oxygens (including phenoxy) is 23. The zero-order valence-corrected chi connectivity index (χ0v) is 49.7. The van der Waals surface area contributed by atoms with E-state index in [4.69, 9.17) is 114 Å². The highest BCUT2D eigenvalue weighted by Crippen LogP contribution is 2.08. The molecule has 0 fully saturated rings. The van der Waals surface area contributed by atoms with Gasteiger partial charge in [0.15, 0.2) is 0 Å². The molecule has 0 aliphatic heterocycles. The van der Waals surface area contributed by atoms with E-state index in [1.54, 1.807) is 0 Å². The summed E-state index contributed by atoms with van der Waals surface area (Å²) < 4.78 is 126. The second kappa shape index (κ2) is 78.0. The number of rotatable bonds is 77. The number of unbranched alkanes of at least 4 members (excludes halogenated alkanes) is 7. The predicted molar refractivity (Wildman–Crippen MR) is 299 cm³/mol. The average molecular weight is 1170 g/mol. The summed E-state index contributed by atoms with van der Waals surface area (Å²) in [5.41, 5.74) is 0. The van der Waals surface area contributed by atoms with Gasteiger partial charge in [-0.05, 0) is 6.42 Å². The number of aliphatic hydroxyl groups is 1. The molecule has 0 atom stereocenters.